The first-order chi connectivity index (χ1) is 12.7. The van der Waals surface area contributed by atoms with E-state index < -0.39 is 5.60 Å². The zero-order chi connectivity index (χ0) is 21.0. The van der Waals surface area contributed by atoms with Crippen molar-refractivity contribution in [2.45, 2.75) is 58.6 Å². The van der Waals surface area contributed by atoms with Gasteiger partial charge >= 0.3 is 12.1 Å². The van der Waals surface area contributed by atoms with Gasteiger partial charge < -0.3 is 19.1 Å². The molecular weight excluding hydrogens is 390 g/mol. The molecule has 6 nitrogen and oxygen atoms in total. The lowest BCUT2D eigenvalue weighted by Gasteiger charge is -2.24. The standard InChI is InChI=1S/C9H16ClNO2.C8H10O3S.C2H6/c1-9(2,3)13-8(12)11-5-4-7(10)6-11;1-10-5-6-3-4-7(12-6)8(9)11-2;1-2/h7H,4-6H2,1-3H3;3-4H,5H2,1-2H3;1-2H3/t7-;;/m1../s1. The zero-order valence-corrected chi connectivity index (χ0v) is 18.9. The van der Waals surface area contributed by atoms with Gasteiger partial charge in [-0.25, -0.2) is 9.59 Å². The van der Waals surface area contributed by atoms with E-state index in [0.29, 0.717) is 24.6 Å². The van der Waals surface area contributed by atoms with Gasteiger partial charge in [0.1, 0.15) is 10.5 Å². The van der Waals surface area contributed by atoms with Gasteiger partial charge in [-0.2, -0.15) is 0 Å². The van der Waals surface area contributed by atoms with E-state index in [-0.39, 0.29) is 17.4 Å². The van der Waals surface area contributed by atoms with Gasteiger partial charge in [0.25, 0.3) is 0 Å². The van der Waals surface area contributed by atoms with Crippen LogP contribution in [0.5, 0.6) is 0 Å². The highest BCUT2D eigenvalue weighted by Gasteiger charge is 2.28. The van der Waals surface area contributed by atoms with Crippen LogP contribution in [0.15, 0.2) is 12.1 Å². The Morgan fingerprint density at radius 2 is 1.89 bits per heavy atom. The summed E-state index contributed by atoms with van der Waals surface area (Å²) in [5.74, 6) is -0.289. The van der Waals surface area contributed by atoms with Crippen LogP contribution in [0.2, 0.25) is 0 Å². The monoisotopic (exact) mass is 421 g/mol. The minimum atomic E-state index is -0.415. The average molecular weight is 422 g/mol. The number of methoxy groups -OCH3 is 2. The van der Waals surface area contributed by atoms with Crippen LogP contribution in [0, 0.1) is 0 Å². The van der Waals surface area contributed by atoms with E-state index in [4.69, 9.17) is 21.1 Å². The maximum atomic E-state index is 11.5. The molecule has 8 heteroatoms. The number of rotatable bonds is 3. The summed E-state index contributed by atoms with van der Waals surface area (Å²) in [5.41, 5.74) is -0.415. The Balaban J connectivity index is 0.000000460. The number of carbonyl (C=O) groups excluding carboxylic acids is 2. The van der Waals surface area contributed by atoms with Crippen molar-refractivity contribution in [1.82, 2.24) is 4.90 Å². The second-order valence-corrected chi connectivity index (χ2v) is 8.29. The molecule has 156 valence electrons. The molecule has 0 radical (unpaired) electrons. The van der Waals surface area contributed by atoms with E-state index in [0.717, 1.165) is 11.3 Å². The number of alkyl halides is 1. The number of hydrogen-bond acceptors (Lipinski definition) is 6. The Kier molecular flexibility index (Phi) is 12.3. The summed E-state index contributed by atoms with van der Waals surface area (Å²) in [4.78, 5) is 25.7. The van der Waals surface area contributed by atoms with Crippen molar-refractivity contribution in [3.63, 3.8) is 0 Å². The molecule has 1 aliphatic rings. The van der Waals surface area contributed by atoms with Crippen LogP contribution in [-0.4, -0.2) is 55.2 Å². The number of nitrogens with zero attached hydrogens (tertiary/aromatic N) is 1. The highest BCUT2D eigenvalue weighted by molar-refractivity contribution is 7.13. The Hall–Kier alpha value is -1.31. The molecule has 1 atom stereocenters. The molecule has 0 unspecified atom stereocenters. The molecule has 1 fully saturated rings. The molecule has 27 heavy (non-hydrogen) atoms. The average Bonchev–Trinajstić information content (AvgIpc) is 3.25. The molecule has 2 heterocycles. The first kappa shape index (κ1) is 25.7. The second-order valence-electron chi connectivity index (χ2n) is 6.50. The summed E-state index contributed by atoms with van der Waals surface area (Å²) in [6.45, 7) is 11.4. The summed E-state index contributed by atoms with van der Waals surface area (Å²) in [6, 6.07) is 3.60. The topological polar surface area (TPSA) is 65.1 Å². The highest BCUT2D eigenvalue weighted by atomic mass is 35.5. The molecule has 0 aromatic carbocycles. The Bertz CT molecular complexity index is 571. The van der Waals surface area contributed by atoms with Gasteiger partial charge in [0.2, 0.25) is 0 Å². The molecule has 0 spiro atoms. The highest BCUT2D eigenvalue weighted by Crippen LogP contribution is 2.18. The number of thiophene rings is 1. The lowest BCUT2D eigenvalue weighted by molar-refractivity contribution is 0.0295. The lowest BCUT2D eigenvalue weighted by atomic mass is 10.2. The largest absolute Gasteiger partial charge is 0.465 e. The number of hydrogen-bond donors (Lipinski definition) is 0. The molecule has 0 N–H and O–H groups in total. The quantitative estimate of drug-likeness (QED) is 0.510. The number of esters is 1. The van der Waals surface area contributed by atoms with Gasteiger partial charge in [0, 0.05) is 25.1 Å². The fourth-order valence-electron chi connectivity index (χ4n) is 2.02. The molecule has 1 aliphatic heterocycles. The van der Waals surface area contributed by atoms with Gasteiger partial charge in [-0.1, -0.05) is 13.8 Å². The van der Waals surface area contributed by atoms with Crippen LogP contribution in [0.3, 0.4) is 0 Å². The van der Waals surface area contributed by atoms with E-state index in [2.05, 4.69) is 4.74 Å². The van der Waals surface area contributed by atoms with E-state index in [9.17, 15) is 9.59 Å². The van der Waals surface area contributed by atoms with Crippen LogP contribution in [0.1, 0.15) is 55.6 Å². The van der Waals surface area contributed by atoms with Crippen molar-refractivity contribution in [3.8, 4) is 0 Å². The number of carbonyl (C=O) groups is 2. The van der Waals surface area contributed by atoms with Crippen molar-refractivity contribution >= 4 is 35.0 Å². The molecular formula is C19H32ClNO5S. The van der Waals surface area contributed by atoms with Crippen LogP contribution in [0.25, 0.3) is 0 Å². The number of ether oxygens (including phenoxy) is 3. The van der Waals surface area contributed by atoms with Crippen molar-refractivity contribution in [2.75, 3.05) is 27.3 Å². The minimum absolute atomic E-state index is 0.0903. The SMILES string of the molecule is CC.CC(C)(C)OC(=O)N1CC[C@@H](Cl)C1.COCc1ccc(C(=O)OC)s1. The Morgan fingerprint density at radius 3 is 2.33 bits per heavy atom. The van der Waals surface area contributed by atoms with Gasteiger partial charge in [0.05, 0.1) is 19.1 Å². The van der Waals surface area contributed by atoms with Crippen LogP contribution >= 0.6 is 22.9 Å². The van der Waals surface area contributed by atoms with Gasteiger partial charge in [-0.05, 0) is 39.3 Å². The molecule has 1 aromatic heterocycles. The maximum absolute atomic E-state index is 11.5. The summed E-state index contributed by atoms with van der Waals surface area (Å²) in [7, 11) is 3.00. The normalized spacial score (nSPS) is 15.9. The van der Waals surface area contributed by atoms with Crippen LogP contribution in [-0.2, 0) is 20.8 Å². The Morgan fingerprint density at radius 1 is 1.26 bits per heavy atom. The first-order valence-corrected chi connectivity index (χ1v) is 10.2. The second kappa shape index (κ2) is 13.0. The van der Waals surface area contributed by atoms with Gasteiger partial charge in [0.15, 0.2) is 0 Å². The van der Waals surface area contributed by atoms with Crippen molar-refractivity contribution in [3.05, 3.63) is 21.9 Å². The van der Waals surface area contributed by atoms with Crippen LogP contribution < -0.4 is 0 Å². The lowest BCUT2D eigenvalue weighted by Crippen LogP contribution is -2.35. The predicted octanol–water partition coefficient (Wildman–Crippen LogP) is 4.94. The number of likely N-dealkylation sites (tertiary alicyclic amines) is 1. The number of amides is 1. The molecule has 2 rings (SSSR count). The zero-order valence-electron chi connectivity index (χ0n) is 17.3. The first-order valence-electron chi connectivity index (χ1n) is 8.94. The fourth-order valence-corrected chi connectivity index (χ4v) is 3.18. The summed E-state index contributed by atoms with van der Waals surface area (Å²) in [6.07, 6.45) is 0.608. The van der Waals surface area contributed by atoms with Crippen molar-refractivity contribution in [1.29, 1.82) is 0 Å². The summed E-state index contributed by atoms with van der Waals surface area (Å²) < 4.78 is 14.7. The molecule has 0 bridgehead atoms. The minimum Gasteiger partial charge on any atom is -0.465 e. The third kappa shape index (κ3) is 10.6. The Labute approximate surface area is 171 Å². The predicted molar refractivity (Wildman–Crippen MR) is 110 cm³/mol. The summed E-state index contributed by atoms with van der Waals surface area (Å²) >= 11 is 7.26. The van der Waals surface area contributed by atoms with E-state index in [1.807, 2.05) is 40.7 Å². The van der Waals surface area contributed by atoms with E-state index >= 15 is 0 Å². The third-order valence-corrected chi connectivity index (χ3v) is 4.51. The van der Waals surface area contributed by atoms with E-state index in [1.54, 1.807) is 18.1 Å². The van der Waals surface area contributed by atoms with Gasteiger partial charge in [-0.3, -0.25) is 0 Å². The fraction of sp³-hybridized carbons (Fsp3) is 0.684. The maximum Gasteiger partial charge on any atom is 0.410 e. The smallest absolute Gasteiger partial charge is 0.410 e. The van der Waals surface area contributed by atoms with Gasteiger partial charge in [-0.15, -0.1) is 22.9 Å². The summed E-state index contributed by atoms with van der Waals surface area (Å²) in [5, 5.41) is 0.0903. The molecule has 1 saturated heterocycles. The number of halogens is 1. The molecule has 1 amide bonds. The molecule has 1 aromatic rings. The molecule has 0 aliphatic carbocycles. The van der Waals surface area contributed by atoms with Crippen molar-refractivity contribution < 1.29 is 23.8 Å². The van der Waals surface area contributed by atoms with Crippen LogP contribution in [0.4, 0.5) is 4.79 Å². The van der Waals surface area contributed by atoms with Crippen molar-refractivity contribution in [2.24, 2.45) is 0 Å². The molecule has 0 saturated carbocycles. The third-order valence-electron chi connectivity index (χ3n) is 3.12. The van der Waals surface area contributed by atoms with E-state index in [1.165, 1.54) is 18.4 Å².